The standard InChI is InChI=1S/C18H28N6O6.C13H20N6O4.C10H19NO4.C8H11N5O3.ClH/c1-10(2)11(21-17(27)30-18(3,4)5)15(26)29-7-6-28-9-24-8-20-12-13(24)22-16(19)23-14(12)25;1-7(2)8(14)12(21)23-4-3-22-6-19-5-16-9-10(19)17-13(15)18-11(9)20;1-7(2)8(14-6-12)11-9(13)15-10(3,4)5;9-8-11-6-5(7(15)12-8)10-3-13(6)4-16-2-1-14;/h8,10-11H,6-7,9H2,1-5H3,(H,21,27)(H3,19,22,23,25);5,7-8H,3-4,6,14H2,1-2H3,(H3,15,17,18,20);6-8H,1-5H3,(H,11,13);3,14H,1-2,4H2,(H3,9,11,12,15);1H/t11-;2*8-;;/m001../s1. The van der Waals surface area contributed by atoms with E-state index in [1.54, 1.807) is 55.4 Å². The second-order valence-electron chi connectivity index (χ2n) is 20.9. The summed E-state index contributed by atoms with van der Waals surface area (Å²) >= 11 is 0. The van der Waals surface area contributed by atoms with Crippen molar-refractivity contribution in [3.63, 3.8) is 0 Å². The number of nitrogen functional groups attached to an aromatic ring is 3. The summed E-state index contributed by atoms with van der Waals surface area (Å²) in [5, 5.41) is 13.5. The number of aliphatic hydroxyl groups excluding tert-OH is 1. The Morgan fingerprint density at radius 2 is 0.953 bits per heavy atom. The second-order valence-corrected chi connectivity index (χ2v) is 20.9. The van der Waals surface area contributed by atoms with Gasteiger partial charge >= 0.3 is 24.1 Å². The molecular formula is C49H79ClN18O17. The van der Waals surface area contributed by atoms with E-state index in [0.29, 0.717) is 17.8 Å². The first kappa shape index (κ1) is 72.6. The van der Waals surface area contributed by atoms with Gasteiger partial charge in [0, 0.05) is 5.92 Å². The smallest absolute Gasteiger partial charge is 0.410 e. The van der Waals surface area contributed by atoms with E-state index >= 15 is 0 Å². The number of esters is 2. The van der Waals surface area contributed by atoms with Crippen LogP contribution in [-0.2, 0) is 72.5 Å². The van der Waals surface area contributed by atoms with Gasteiger partial charge < -0.3 is 71.3 Å². The molecular weight excluding hydrogens is 1150 g/mol. The fourth-order valence-corrected chi connectivity index (χ4v) is 6.38. The van der Waals surface area contributed by atoms with Crippen LogP contribution in [-0.4, -0.2) is 163 Å². The average molecular weight is 1230 g/mol. The lowest BCUT2D eigenvalue weighted by Crippen LogP contribution is -2.47. The van der Waals surface area contributed by atoms with Crippen LogP contribution in [0.1, 0.15) is 83.1 Å². The number of anilines is 3. The van der Waals surface area contributed by atoms with Crippen LogP contribution in [0, 0.1) is 17.8 Å². The van der Waals surface area contributed by atoms with E-state index in [0.717, 1.165) is 0 Å². The number of nitrogens with zero attached hydrogens (tertiary/aromatic N) is 9. The van der Waals surface area contributed by atoms with Crippen LogP contribution in [0.2, 0.25) is 0 Å². The van der Waals surface area contributed by atoms with E-state index in [-0.39, 0.29) is 136 Å². The first-order valence-electron chi connectivity index (χ1n) is 26.0. The summed E-state index contributed by atoms with van der Waals surface area (Å²) in [5.74, 6) is -1.25. The number of H-pyrrole nitrogens is 3. The van der Waals surface area contributed by atoms with Crippen LogP contribution in [0.5, 0.6) is 0 Å². The summed E-state index contributed by atoms with van der Waals surface area (Å²) in [7, 11) is 0. The number of aliphatic hydroxyl groups is 1. The van der Waals surface area contributed by atoms with Gasteiger partial charge in [-0.3, -0.25) is 57.9 Å². The van der Waals surface area contributed by atoms with Crippen molar-refractivity contribution in [3.8, 4) is 0 Å². The number of ether oxygens (including phenoxy) is 8. The van der Waals surface area contributed by atoms with Crippen molar-refractivity contribution < 1.29 is 67.0 Å². The molecule has 36 heteroatoms. The molecule has 0 fully saturated rings. The average Bonchev–Trinajstić information content (AvgIpc) is 2.29. The summed E-state index contributed by atoms with van der Waals surface area (Å²) < 4.78 is 45.6. The summed E-state index contributed by atoms with van der Waals surface area (Å²) in [4.78, 5) is 123. The summed E-state index contributed by atoms with van der Waals surface area (Å²) in [6.07, 6.45) is 2.32. The van der Waals surface area contributed by atoms with E-state index in [4.69, 9.17) is 65.9 Å². The maximum atomic E-state index is 12.3. The van der Waals surface area contributed by atoms with Gasteiger partial charge in [0.05, 0.1) is 45.4 Å². The van der Waals surface area contributed by atoms with Gasteiger partial charge in [-0.15, -0.1) is 12.4 Å². The van der Waals surface area contributed by atoms with Crippen LogP contribution in [0.25, 0.3) is 33.5 Å². The van der Waals surface area contributed by atoms with Crippen molar-refractivity contribution in [2.24, 2.45) is 23.5 Å². The molecule has 0 aliphatic heterocycles. The van der Waals surface area contributed by atoms with Gasteiger partial charge in [0.15, 0.2) is 39.7 Å². The third kappa shape index (κ3) is 24.7. The minimum absolute atomic E-state index is 0. The van der Waals surface area contributed by atoms with Gasteiger partial charge in [-0.25, -0.2) is 29.3 Å². The Morgan fingerprint density at radius 1 is 0.588 bits per heavy atom. The van der Waals surface area contributed by atoms with E-state index in [1.165, 1.54) is 32.7 Å². The number of halogens is 1. The minimum atomic E-state index is -0.851. The molecule has 6 aromatic heterocycles. The zero-order valence-corrected chi connectivity index (χ0v) is 50.2. The highest BCUT2D eigenvalue weighted by molar-refractivity contribution is 5.85. The van der Waals surface area contributed by atoms with Crippen molar-refractivity contribution in [1.29, 1.82) is 0 Å². The minimum Gasteiger partial charge on any atom is -0.462 e. The van der Waals surface area contributed by atoms with E-state index in [2.05, 4.69) is 55.5 Å². The third-order valence-electron chi connectivity index (χ3n) is 10.4. The fourth-order valence-electron chi connectivity index (χ4n) is 6.38. The molecule has 0 saturated carbocycles. The molecule has 2 amide bonds. The first-order chi connectivity index (χ1) is 39.4. The number of hydrogen-bond acceptors (Lipinski definition) is 27. The molecule has 0 aliphatic rings. The van der Waals surface area contributed by atoms with Crippen molar-refractivity contribution in [1.82, 2.24) is 69.2 Å². The molecule has 35 nitrogen and oxygen atoms in total. The van der Waals surface area contributed by atoms with Crippen molar-refractivity contribution >= 4 is 94.3 Å². The van der Waals surface area contributed by atoms with E-state index < -0.39 is 64.8 Å². The van der Waals surface area contributed by atoms with E-state index in [9.17, 15) is 38.4 Å². The molecule has 3 atom stereocenters. The van der Waals surface area contributed by atoms with Gasteiger partial charge in [0.2, 0.25) is 17.8 Å². The Labute approximate surface area is 492 Å². The second kappa shape index (κ2) is 34.3. The first-order valence-corrected chi connectivity index (χ1v) is 26.0. The highest BCUT2D eigenvalue weighted by Gasteiger charge is 2.28. The van der Waals surface area contributed by atoms with Crippen molar-refractivity contribution in [2.75, 3.05) is 56.8 Å². The molecule has 0 saturated heterocycles. The van der Waals surface area contributed by atoms with Gasteiger partial charge in [0.25, 0.3) is 23.2 Å². The lowest BCUT2D eigenvalue weighted by Gasteiger charge is -2.24. The molecule has 6 heterocycles. The van der Waals surface area contributed by atoms with Crippen LogP contribution in [0.3, 0.4) is 0 Å². The monoisotopic (exact) mass is 1230 g/mol. The molecule has 474 valence electrons. The van der Waals surface area contributed by atoms with Gasteiger partial charge in [-0.05, 0) is 53.4 Å². The lowest BCUT2D eigenvalue weighted by atomic mass is 10.1. The topological polar surface area (TPSA) is 498 Å². The Kier molecular flexibility index (Phi) is 29.3. The number of aromatic nitrogens is 12. The van der Waals surface area contributed by atoms with Crippen LogP contribution < -0.4 is 50.2 Å². The number of hydrogen-bond donors (Lipinski definition) is 10. The maximum Gasteiger partial charge on any atom is 0.410 e. The molecule has 0 aromatic carbocycles. The zero-order chi connectivity index (χ0) is 63.1. The molecule has 0 radical (unpaired) electrons. The molecule has 0 aliphatic carbocycles. The largest absolute Gasteiger partial charge is 0.462 e. The number of aromatic amines is 3. The Bertz CT molecular complexity index is 3270. The highest BCUT2D eigenvalue weighted by atomic mass is 35.5. The molecule has 0 bridgehead atoms. The third-order valence-corrected chi connectivity index (χ3v) is 10.4. The van der Waals surface area contributed by atoms with Crippen molar-refractivity contribution in [3.05, 3.63) is 50.0 Å². The molecule has 0 unspecified atom stereocenters. The number of nitrogens with two attached hydrogens (primary N) is 4. The van der Waals surface area contributed by atoms with Crippen LogP contribution in [0.15, 0.2) is 33.4 Å². The Hall–Kier alpha value is -8.51. The van der Waals surface area contributed by atoms with Gasteiger partial charge in [0.1, 0.15) is 56.7 Å². The van der Waals surface area contributed by atoms with Crippen LogP contribution >= 0.6 is 12.4 Å². The number of carbonyl (C=O) groups excluding carboxylic acids is 5. The molecule has 6 aromatic rings. The summed E-state index contributed by atoms with van der Waals surface area (Å²) in [5.41, 5.74) is 21.1. The van der Waals surface area contributed by atoms with Gasteiger partial charge in [-0.2, -0.15) is 15.0 Å². The highest BCUT2D eigenvalue weighted by Crippen LogP contribution is 2.13. The predicted molar refractivity (Wildman–Crippen MR) is 308 cm³/mol. The number of nitrogens with one attached hydrogen (secondary N) is 5. The summed E-state index contributed by atoms with van der Waals surface area (Å²) in [6, 6.07) is -1.50. The fraction of sp³-hybridized carbons (Fsp3) is 0.592. The number of imidazole rings is 3. The molecule has 85 heavy (non-hydrogen) atoms. The zero-order valence-electron chi connectivity index (χ0n) is 49.4. The Balaban J connectivity index is 0.000000401. The number of amides is 2. The molecule has 14 N–H and O–H groups in total. The quantitative estimate of drug-likeness (QED) is 0.0139. The Morgan fingerprint density at radius 3 is 1.28 bits per heavy atom. The summed E-state index contributed by atoms with van der Waals surface area (Å²) in [6.45, 7) is 22.4. The molecule has 0 spiro atoms. The number of rotatable bonds is 23. The SMILES string of the molecule is CC(C)[C@H](N)C(=O)OCCOCn1cnc2c(=O)[nH]c(N)nc21.CC(C)[C@H](NC(=O)OC(C)(C)C)C(=O)OCCOCn1cnc2c(=O)[nH]c(N)nc21.CC(C)[C@H](NC(=O)OC(C)(C)C)OC=O.Cl.Nc1nc2c(ncn2COCCO)c(=O)[nH]1. The number of carbonyl (C=O) groups is 5. The van der Waals surface area contributed by atoms with Crippen LogP contribution in [0.4, 0.5) is 27.4 Å². The van der Waals surface area contributed by atoms with Crippen molar-refractivity contribution in [2.45, 2.75) is 133 Å². The maximum absolute atomic E-state index is 12.3. The van der Waals surface area contributed by atoms with Gasteiger partial charge in [-0.1, -0.05) is 41.5 Å². The number of fused-ring (bicyclic) bond motifs is 3. The number of alkyl carbamates (subject to hydrolysis) is 2. The lowest BCUT2D eigenvalue weighted by molar-refractivity contribution is -0.149. The van der Waals surface area contributed by atoms with E-state index in [1.807, 2.05) is 27.7 Å². The predicted octanol–water partition coefficient (Wildman–Crippen LogP) is 0.727. The normalized spacial score (nSPS) is 12.3. The molecule has 6 rings (SSSR count).